The van der Waals surface area contributed by atoms with E-state index in [0.29, 0.717) is 17.6 Å². The molecule has 0 radical (unpaired) electrons. The van der Waals surface area contributed by atoms with Crippen LogP contribution < -0.4 is 11.1 Å². The fourth-order valence-corrected chi connectivity index (χ4v) is 3.60. The molecule has 0 amide bonds. The van der Waals surface area contributed by atoms with E-state index in [1.54, 1.807) is 6.07 Å². The van der Waals surface area contributed by atoms with Crippen LogP contribution in [-0.4, -0.2) is 19.5 Å². The maximum atomic E-state index is 5.88. The molecule has 0 atom stereocenters. The number of nitrogens with two attached hydrogens (primary N) is 1. The Morgan fingerprint density at radius 2 is 1.81 bits per heavy atom. The molecule has 2 aromatic carbocycles. The van der Waals surface area contributed by atoms with E-state index < -0.39 is 0 Å². The first-order valence-corrected chi connectivity index (χ1v) is 9.33. The number of nitrogens with zero attached hydrogens (tertiary/aromatic N) is 4. The largest absolute Gasteiger partial charge is 0.384 e. The van der Waals surface area contributed by atoms with Crippen LogP contribution >= 0.6 is 15.9 Å². The maximum Gasteiger partial charge on any atom is 0.214 e. The third-order valence-corrected chi connectivity index (χ3v) is 5.80. The van der Waals surface area contributed by atoms with E-state index in [-0.39, 0.29) is 0 Å². The smallest absolute Gasteiger partial charge is 0.214 e. The molecule has 0 spiro atoms. The van der Waals surface area contributed by atoms with Crippen molar-refractivity contribution in [3.63, 3.8) is 0 Å². The van der Waals surface area contributed by atoms with E-state index in [2.05, 4.69) is 58.1 Å². The Bertz CT molecular complexity index is 1160. The lowest BCUT2D eigenvalue weighted by Gasteiger charge is -2.16. The van der Waals surface area contributed by atoms with Crippen LogP contribution in [0.5, 0.6) is 0 Å². The molecule has 7 heteroatoms. The van der Waals surface area contributed by atoms with Crippen molar-refractivity contribution in [2.24, 2.45) is 0 Å². The molecule has 4 aromatic rings. The van der Waals surface area contributed by atoms with Crippen LogP contribution in [-0.2, 0) is 0 Å². The lowest BCUT2D eigenvalue weighted by molar-refractivity contribution is 1.00. The van der Waals surface area contributed by atoms with Gasteiger partial charge in [0.1, 0.15) is 18.0 Å². The number of benzene rings is 2. The van der Waals surface area contributed by atoms with Gasteiger partial charge < -0.3 is 11.1 Å². The Morgan fingerprint density at radius 1 is 1.04 bits per heavy atom. The van der Waals surface area contributed by atoms with Crippen LogP contribution in [0.25, 0.3) is 16.9 Å². The number of halogens is 1. The highest BCUT2D eigenvalue weighted by atomic mass is 79.9. The standard InChI is InChI=1S/C20H19BrN6/c1-11-8-12(2)19(13(3)18(11)21)26-20-25-14-6-4-5-7-15(14)27(20)17-9-16(22)23-10-24-17/h4-10H,1-3H3,(H,25,26)(H2,22,23,24). The molecule has 0 aliphatic rings. The molecule has 2 aromatic heterocycles. The van der Waals surface area contributed by atoms with Gasteiger partial charge in [-0.1, -0.05) is 34.1 Å². The summed E-state index contributed by atoms with van der Waals surface area (Å²) in [5.41, 5.74) is 12.2. The third-order valence-electron chi connectivity index (χ3n) is 4.58. The topological polar surface area (TPSA) is 81.7 Å². The summed E-state index contributed by atoms with van der Waals surface area (Å²) in [7, 11) is 0. The average Bonchev–Trinajstić information content (AvgIpc) is 3.01. The molecule has 136 valence electrons. The first-order chi connectivity index (χ1) is 13.0. The van der Waals surface area contributed by atoms with Crippen molar-refractivity contribution in [3.8, 4) is 5.82 Å². The van der Waals surface area contributed by atoms with Gasteiger partial charge in [0, 0.05) is 16.2 Å². The number of anilines is 3. The Balaban J connectivity index is 1.93. The number of nitrogen functional groups attached to an aromatic ring is 1. The quantitative estimate of drug-likeness (QED) is 0.493. The van der Waals surface area contributed by atoms with Gasteiger partial charge in [0.25, 0.3) is 0 Å². The predicted molar refractivity (Wildman–Crippen MR) is 113 cm³/mol. The number of imidazole rings is 1. The van der Waals surface area contributed by atoms with E-state index in [9.17, 15) is 0 Å². The first kappa shape index (κ1) is 17.5. The van der Waals surface area contributed by atoms with Crippen LogP contribution in [0.15, 0.2) is 47.2 Å². The summed E-state index contributed by atoms with van der Waals surface area (Å²) in [4.78, 5) is 13.2. The van der Waals surface area contributed by atoms with Crippen molar-refractivity contribution in [3.05, 3.63) is 63.9 Å². The molecule has 27 heavy (non-hydrogen) atoms. The number of hydrogen-bond donors (Lipinski definition) is 2. The van der Waals surface area contributed by atoms with E-state index in [1.807, 2.05) is 28.8 Å². The summed E-state index contributed by atoms with van der Waals surface area (Å²) in [6, 6.07) is 11.8. The molecule has 0 aliphatic heterocycles. The maximum absolute atomic E-state index is 5.88. The Kier molecular flexibility index (Phi) is 4.31. The van der Waals surface area contributed by atoms with Crippen LogP contribution in [0, 0.1) is 20.8 Å². The number of aromatic nitrogens is 4. The summed E-state index contributed by atoms with van der Waals surface area (Å²) in [5, 5.41) is 3.51. The first-order valence-electron chi connectivity index (χ1n) is 8.54. The number of fused-ring (bicyclic) bond motifs is 1. The number of aryl methyl sites for hydroxylation is 2. The molecule has 0 saturated heterocycles. The van der Waals surface area contributed by atoms with Gasteiger partial charge in [-0.25, -0.2) is 15.0 Å². The van der Waals surface area contributed by atoms with Gasteiger partial charge in [-0.05, 0) is 49.6 Å². The van der Waals surface area contributed by atoms with Crippen LogP contribution in [0.2, 0.25) is 0 Å². The van der Waals surface area contributed by atoms with E-state index in [1.165, 1.54) is 11.9 Å². The molecule has 4 rings (SSSR count). The van der Waals surface area contributed by atoms with Gasteiger partial charge in [-0.3, -0.25) is 4.57 Å². The number of rotatable bonds is 3. The van der Waals surface area contributed by atoms with E-state index in [4.69, 9.17) is 10.7 Å². The van der Waals surface area contributed by atoms with E-state index in [0.717, 1.165) is 32.3 Å². The predicted octanol–water partition coefficient (Wildman–Crippen LogP) is 4.83. The highest BCUT2D eigenvalue weighted by Crippen LogP contribution is 2.34. The van der Waals surface area contributed by atoms with Crippen molar-refractivity contribution >= 4 is 44.4 Å². The molecule has 6 nitrogen and oxygen atoms in total. The lowest BCUT2D eigenvalue weighted by Crippen LogP contribution is -2.07. The van der Waals surface area contributed by atoms with Crippen molar-refractivity contribution in [2.75, 3.05) is 11.1 Å². The second kappa shape index (κ2) is 6.66. The van der Waals surface area contributed by atoms with Crippen LogP contribution in [0.3, 0.4) is 0 Å². The van der Waals surface area contributed by atoms with Gasteiger partial charge in [0.2, 0.25) is 5.95 Å². The molecule has 0 bridgehead atoms. The van der Waals surface area contributed by atoms with Crippen LogP contribution in [0.4, 0.5) is 17.5 Å². The molecular weight excluding hydrogens is 404 g/mol. The van der Waals surface area contributed by atoms with Gasteiger partial charge >= 0.3 is 0 Å². The van der Waals surface area contributed by atoms with Gasteiger partial charge in [-0.2, -0.15) is 0 Å². The second-order valence-corrected chi connectivity index (χ2v) is 7.30. The van der Waals surface area contributed by atoms with Crippen molar-refractivity contribution in [1.82, 2.24) is 19.5 Å². The number of nitrogens with one attached hydrogen (secondary N) is 1. The van der Waals surface area contributed by atoms with Gasteiger partial charge in [0.15, 0.2) is 0 Å². The minimum atomic E-state index is 0.411. The van der Waals surface area contributed by atoms with Gasteiger partial charge in [0.05, 0.1) is 11.0 Å². The molecule has 0 aliphatic carbocycles. The van der Waals surface area contributed by atoms with E-state index >= 15 is 0 Å². The zero-order valence-electron chi connectivity index (χ0n) is 15.3. The lowest BCUT2D eigenvalue weighted by atomic mass is 10.1. The summed E-state index contributed by atoms with van der Waals surface area (Å²) in [5.74, 6) is 1.76. The molecule has 0 unspecified atom stereocenters. The SMILES string of the molecule is Cc1cc(C)c(Nc2nc3ccccc3n2-c2cc(N)ncn2)c(C)c1Br. The summed E-state index contributed by atoms with van der Waals surface area (Å²) in [6.45, 7) is 6.26. The number of para-hydroxylation sites is 2. The molecule has 2 heterocycles. The Labute approximate surface area is 165 Å². The molecular formula is C20H19BrN6. The monoisotopic (exact) mass is 422 g/mol. The highest BCUT2D eigenvalue weighted by Gasteiger charge is 2.17. The zero-order valence-corrected chi connectivity index (χ0v) is 16.9. The second-order valence-electron chi connectivity index (χ2n) is 6.51. The minimum Gasteiger partial charge on any atom is -0.384 e. The highest BCUT2D eigenvalue weighted by molar-refractivity contribution is 9.10. The third kappa shape index (κ3) is 3.04. The summed E-state index contributed by atoms with van der Waals surface area (Å²) in [6.07, 6.45) is 1.46. The summed E-state index contributed by atoms with van der Waals surface area (Å²) >= 11 is 3.68. The van der Waals surface area contributed by atoms with Crippen molar-refractivity contribution in [2.45, 2.75) is 20.8 Å². The fraction of sp³-hybridized carbons (Fsp3) is 0.150. The molecule has 3 N–H and O–H groups in total. The number of hydrogen-bond acceptors (Lipinski definition) is 5. The molecule has 0 saturated carbocycles. The summed E-state index contributed by atoms with van der Waals surface area (Å²) < 4.78 is 3.05. The fourth-order valence-electron chi connectivity index (χ4n) is 3.29. The zero-order chi connectivity index (χ0) is 19.1. The Hall–Kier alpha value is -2.93. The van der Waals surface area contributed by atoms with Crippen molar-refractivity contribution in [1.29, 1.82) is 0 Å². The van der Waals surface area contributed by atoms with Gasteiger partial charge in [-0.15, -0.1) is 0 Å². The van der Waals surface area contributed by atoms with Crippen LogP contribution in [0.1, 0.15) is 16.7 Å². The Morgan fingerprint density at radius 3 is 2.59 bits per heavy atom. The normalized spacial score (nSPS) is 11.1. The minimum absolute atomic E-state index is 0.411. The average molecular weight is 423 g/mol. The molecule has 0 fully saturated rings. The van der Waals surface area contributed by atoms with Crippen molar-refractivity contribution < 1.29 is 0 Å².